The molecular formula is C21H33N. The number of hydrogen-bond acceptors (Lipinski definition) is 1. The number of unbranched alkanes of at least 4 members (excludes halogenated alkanes) is 7. The minimum atomic E-state index is 0. The number of fused-ring (bicyclic) bond motifs is 1. The van der Waals surface area contributed by atoms with Gasteiger partial charge in [-0.2, -0.15) is 0 Å². The van der Waals surface area contributed by atoms with Gasteiger partial charge in [-0.05, 0) is 36.1 Å². The SMILES string of the molecule is CCCCCCCCCCc1cccc2cc(C)ccc12.N. The van der Waals surface area contributed by atoms with Crippen molar-refractivity contribution in [3.63, 3.8) is 0 Å². The lowest BCUT2D eigenvalue weighted by Gasteiger charge is -2.07. The van der Waals surface area contributed by atoms with Crippen molar-refractivity contribution in [3.8, 4) is 0 Å². The molecule has 0 heterocycles. The molecule has 0 unspecified atom stereocenters. The van der Waals surface area contributed by atoms with Crippen LogP contribution in [0.1, 0.15) is 69.4 Å². The molecule has 0 saturated carbocycles. The first-order valence-electron chi connectivity index (χ1n) is 8.79. The van der Waals surface area contributed by atoms with Crippen LogP contribution in [0.4, 0.5) is 0 Å². The summed E-state index contributed by atoms with van der Waals surface area (Å²) in [6.07, 6.45) is 12.4. The summed E-state index contributed by atoms with van der Waals surface area (Å²) in [5.74, 6) is 0. The second-order valence-electron chi connectivity index (χ2n) is 6.37. The first-order valence-corrected chi connectivity index (χ1v) is 8.79. The van der Waals surface area contributed by atoms with Gasteiger partial charge in [0.2, 0.25) is 0 Å². The Bertz CT molecular complexity index is 545. The maximum Gasteiger partial charge on any atom is -0.0152 e. The third-order valence-electron chi connectivity index (χ3n) is 4.43. The van der Waals surface area contributed by atoms with Crippen molar-refractivity contribution in [1.29, 1.82) is 0 Å². The Hall–Kier alpha value is -1.34. The molecule has 1 heteroatoms. The number of benzene rings is 2. The zero-order valence-corrected chi connectivity index (χ0v) is 14.5. The second kappa shape index (κ2) is 10.4. The van der Waals surface area contributed by atoms with Gasteiger partial charge in [0.25, 0.3) is 0 Å². The molecular weight excluding hydrogens is 266 g/mol. The molecule has 0 amide bonds. The molecule has 2 rings (SSSR count). The van der Waals surface area contributed by atoms with E-state index in [0.29, 0.717) is 0 Å². The van der Waals surface area contributed by atoms with E-state index in [-0.39, 0.29) is 6.15 Å². The van der Waals surface area contributed by atoms with Crippen molar-refractivity contribution < 1.29 is 0 Å². The number of hydrogen-bond donors (Lipinski definition) is 1. The first-order chi connectivity index (χ1) is 10.3. The Balaban J connectivity index is 0.00000242. The van der Waals surface area contributed by atoms with Crippen LogP contribution in [-0.4, -0.2) is 0 Å². The molecule has 0 aromatic heterocycles. The van der Waals surface area contributed by atoms with Gasteiger partial charge in [0.15, 0.2) is 0 Å². The smallest absolute Gasteiger partial charge is 0.0152 e. The molecule has 0 fully saturated rings. The monoisotopic (exact) mass is 299 g/mol. The van der Waals surface area contributed by atoms with E-state index < -0.39 is 0 Å². The van der Waals surface area contributed by atoms with Crippen LogP contribution < -0.4 is 6.15 Å². The molecule has 2 aromatic carbocycles. The van der Waals surface area contributed by atoms with Crippen molar-refractivity contribution in [2.45, 2.75) is 71.6 Å². The van der Waals surface area contributed by atoms with Crippen LogP contribution in [-0.2, 0) is 6.42 Å². The highest BCUT2D eigenvalue weighted by molar-refractivity contribution is 5.86. The van der Waals surface area contributed by atoms with Crippen LogP contribution in [0.2, 0.25) is 0 Å². The highest BCUT2D eigenvalue weighted by Gasteiger charge is 2.01. The van der Waals surface area contributed by atoms with E-state index in [1.807, 2.05) is 0 Å². The predicted octanol–water partition coefficient (Wildman–Crippen LogP) is 6.99. The molecule has 122 valence electrons. The fraction of sp³-hybridized carbons (Fsp3) is 0.524. The average Bonchev–Trinajstić information content (AvgIpc) is 2.49. The first kappa shape index (κ1) is 18.7. The lowest BCUT2D eigenvalue weighted by Crippen LogP contribution is -1.89. The molecule has 0 saturated heterocycles. The van der Waals surface area contributed by atoms with Crippen LogP contribution in [0.5, 0.6) is 0 Å². The standard InChI is InChI=1S/C21H30.H3N/c1-3-4-5-6-7-8-9-10-12-19-13-11-14-20-17-18(2)15-16-21(19)20;/h11,13-17H,3-10,12H2,1-2H3;1H3. The second-order valence-corrected chi connectivity index (χ2v) is 6.37. The molecule has 1 nitrogen and oxygen atoms in total. The summed E-state index contributed by atoms with van der Waals surface area (Å²) < 4.78 is 0. The van der Waals surface area contributed by atoms with E-state index in [2.05, 4.69) is 50.2 Å². The van der Waals surface area contributed by atoms with Crippen LogP contribution in [0.3, 0.4) is 0 Å². The quantitative estimate of drug-likeness (QED) is 0.497. The van der Waals surface area contributed by atoms with Gasteiger partial charge in [0, 0.05) is 0 Å². The minimum absolute atomic E-state index is 0. The Kier molecular flexibility index (Phi) is 8.84. The third kappa shape index (κ3) is 5.81. The zero-order chi connectivity index (χ0) is 14.9. The highest BCUT2D eigenvalue weighted by atomic mass is 14.1. The largest absolute Gasteiger partial charge is 0.344 e. The molecule has 0 bridgehead atoms. The van der Waals surface area contributed by atoms with E-state index >= 15 is 0 Å². The number of aryl methyl sites for hydroxylation is 2. The lowest BCUT2D eigenvalue weighted by atomic mass is 9.98. The van der Waals surface area contributed by atoms with Gasteiger partial charge in [-0.3, -0.25) is 0 Å². The van der Waals surface area contributed by atoms with Crippen LogP contribution in [0, 0.1) is 6.92 Å². The molecule has 0 spiro atoms. The van der Waals surface area contributed by atoms with Crippen molar-refractivity contribution in [1.82, 2.24) is 6.15 Å². The molecule has 3 N–H and O–H groups in total. The summed E-state index contributed by atoms with van der Waals surface area (Å²) in [5, 5.41) is 2.85. The Morgan fingerprint density at radius 2 is 1.45 bits per heavy atom. The van der Waals surface area contributed by atoms with E-state index in [1.54, 1.807) is 0 Å². The Morgan fingerprint density at radius 1 is 0.773 bits per heavy atom. The van der Waals surface area contributed by atoms with Crippen molar-refractivity contribution in [3.05, 3.63) is 47.5 Å². The molecule has 0 aliphatic heterocycles. The fourth-order valence-electron chi connectivity index (χ4n) is 3.14. The van der Waals surface area contributed by atoms with Gasteiger partial charge >= 0.3 is 0 Å². The summed E-state index contributed by atoms with van der Waals surface area (Å²) in [6, 6.07) is 13.6. The van der Waals surface area contributed by atoms with Crippen molar-refractivity contribution in [2.75, 3.05) is 0 Å². The summed E-state index contributed by atoms with van der Waals surface area (Å²) >= 11 is 0. The predicted molar refractivity (Wildman–Crippen MR) is 100 cm³/mol. The fourth-order valence-corrected chi connectivity index (χ4v) is 3.14. The molecule has 22 heavy (non-hydrogen) atoms. The van der Waals surface area contributed by atoms with Crippen LogP contribution in [0.25, 0.3) is 10.8 Å². The summed E-state index contributed by atoms with van der Waals surface area (Å²) in [7, 11) is 0. The highest BCUT2D eigenvalue weighted by Crippen LogP contribution is 2.22. The van der Waals surface area contributed by atoms with Crippen molar-refractivity contribution >= 4 is 10.8 Å². The van der Waals surface area contributed by atoms with Gasteiger partial charge in [-0.25, -0.2) is 0 Å². The summed E-state index contributed by atoms with van der Waals surface area (Å²) in [4.78, 5) is 0. The minimum Gasteiger partial charge on any atom is -0.344 e. The van der Waals surface area contributed by atoms with Gasteiger partial charge in [0.05, 0.1) is 0 Å². The van der Waals surface area contributed by atoms with Gasteiger partial charge in [-0.15, -0.1) is 0 Å². The van der Waals surface area contributed by atoms with E-state index in [0.717, 1.165) is 0 Å². The average molecular weight is 300 g/mol. The normalized spacial score (nSPS) is 10.6. The van der Waals surface area contributed by atoms with Crippen LogP contribution in [0.15, 0.2) is 36.4 Å². The Labute approximate surface area is 136 Å². The van der Waals surface area contributed by atoms with E-state index in [9.17, 15) is 0 Å². The van der Waals surface area contributed by atoms with Crippen LogP contribution >= 0.6 is 0 Å². The van der Waals surface area contributed by atoms with E-state index in [4.69, 9.17) is 0 Å². The van der Waals surface area contributed by atoms with Gasteiger partial charge < -0.3 is 6.15 Å². The lowest BCUT2D eigenvalue weighted by molar-refractivity contribution is 0.576. The maximum atomic E-state index is 2.30. The molecule has 0 radical (unpaired) electrons. The third-order valence-corrected chi connectivity index (χ3v) is 4.43. The topological polar surface area (TPSA) is 35.0 Å². The van der Waals surface area contributed by atoms with Gasteiger partial charge in [0.1, 0.15) is 0 Å². The molecule has 0 aliphatic rings. The Morgan fingerprint density at radius 3 is 2.18 bits per heavy atom. The zero-order valence-electron chi connectivity index (χ0n) is 14.5. The number of rotatable bonds is 9. The maximum absolute atomic E-state index is 2.30. The molecule has 0 atom stereocenters. The van der Waals surface area contributed by atoms with E-state index in [1.165, 1.54) is 79.7 Å². The summed E-state index contributed by atoms with van der Waals surface area (Å²) in [6.45, 7) is 4.45. The van der Waals surface area contributed by atoms with Crippen molar-refractivity contribution in [2.24, 2.45) is 0 Å². The summed E-state index contributed by atoms with van der Waals surface area (Å²) in [5.41, 5.74) is 2.88. The van der Waals surface area contributed by atoms with Gasteiger partial charge in [-0.1, -0.05) is 93.8 Å². The molecule has 2 aromatic rings. The molecule has 0 aliphatic carbocycles.